The van der Waals surface area contributed by atoms with E-state index in [0.29, 0.717) is 6.61 Å². The van der Waals surface area contributed by atoms with E-state index in [9.17, 15) is 0 Å². The molecular weight excluding hydrogens is 324 g/mol. The Balaban J connectivity index is 2.16. The molecule has 1 aromatic heterocycles. The first-order valence-electron chi connectivity index (χ1n) is 6.20. The molecule has 102 valence electrons. The number of halogens is 1. The normalized spacial score (nSPS) is 10.7. The van der Waals surface area contributed by atoms with Crippen LogP contribution in [0.4, 0.5) is 0 Å². The Labute approximate surface area is 126 Å². The number of rotatable bonds is 6. The summed E-state index contributed by atoms with van der Waals surface area (Å²) in [5, 5.41) is 3.34. The number of aryl methyl sites for hydroxylation is 1. The molecule has 0 spiro atoms. The van der Waals surface area contributed by atoms with E-state index in [1.165, 1.54) is 5.56 Å². The van der Waals surface area contributed by atoms with Gasteiger partial charge < -0.3 is 10.1 Å². The van der Waals surface area contributed by atoms with Gasteiger partial charge in [0.2, 0.25) is 0 Å². The van der Waals surface area contributed by atoms with Gasteiger partial charge in [-0.05, 0) is 31.2 Å². The van der Waals surface area contributed by atoms with Crippen LogP contribution in [0.2, 0.25) is 0 Å². The van der Waals surface area contributed by atoms with E-state index >= 15 is 0 Å². The third-order valence-corrected chi connectivity index (χ3v) is 3.93. The van der Waals surface area contributed by atoms with Crippen molar-refractivity contribution in [3.63, 3.8) is 0 Å². The zero-order valence-electron chi connectivity index (χ0n) is 11.1. The van der Waals surface area contributed by atoms with Crippen molar-refractivity contribution in [1.82, 2.24) is 10.3 Å². The molecule has 19 heavy (non-hydrogen) atoms. The molecule has 1 N–H and O–H groups in total. The first kappa shape index (κ1) is 14.5. The molecule has 0 unspecified atom stereocenters. The second kappa shape index (κ2) is 7.03. The van der Waals surface area contributed by atoms with E-state index in [4.69, 9.17) is 4.74 Å². The molecule has 0 saturated carbocycles. The number of thiazole rings is 1. The van der Waals surface area contributed by atoms with Crippen molar-refractivity contribution < 1.29 is 4.74 Å². The van der Waals surface area contributed by atoms with Crippen molar-refractivity contribution >= 4 is 27.3 Å². The molecule has 1 aromatic carbocycles. The molecule has 0 fully saturated rings. The summed E-state index contributed by atoms with van der Waals surface area (Å²) in [6, 6.07) is 4.19. The van der Waals surface area contributed by atoms with Crippen LogP contribution in [0.3, 0.4) is 0 Å². The highest BCUT2D eigenvalue weighted by molar-refractivity contribution is 9.10. The van der Waals surface area contributed by atoms with E-state index in [0.717, 1.165) is 33.8 Å². The van der Waals surface area contributed by atoms with Gasteiger partial charge in [-0.3, -0.25) is 4.98 Å². The predicted molar refractivity (Wildman–Crippen MR) is 82.7 cm³/mol. The summed E-state index contributed by atoms with van der Waals surface area (Å²) < 4.78 is 7.06. The van der Waals surface area contributed by atoms with Gasteiger partial charge in [0.1, 0.15) is 12.4 Å². The average molecular weight is 341 g/mol. The third kappa shape index (κ3) is 4.03. The molecule has 0 radical (unpaired) electrons. The molecule has 1 heterocycles. The van der Waals surface area contributed by atoms with Crippen molar-refractivity contribution in [1.29, 1.82) is 0 Å². The van der Waals surface area contributed by atoms with Gasteiger partial charge in [0.15, 0.2) is 0 Å². The molecule has 0 amide bonds. The predicted octanol–water partition coefficient (Wildman–Crippen LogP) is 3.90. The number of aromatic nitrogens is 1. The lowest BCUT2D eigenvalue weighted by atomic mass is 10.1. The summed E-state index contributed by atoms with van der Waals surface area (Å²) in [7, 11) is 0. The Morgan fingerprint density at radius 2 is 2.26 bits per heavy atom. The Morgan fingerprint density at radius 1 is 1.42 bits per heavy atom. The van der Waals surface area contributed by atoms with Gasteiger partial charge in [0.25, 0.3) is 0 Å². The SMILES string of the molecule is CCNCc1cc(Br)cc(C)c1OCc1cncs1. The number of nitrogens with one attached hydrogen (secondary N) is 1. The maximum atomic E-state index is 5.97. The summed E-state index contributed by atoms with van der Waals surface area (Å²) in [6.45, 7) is 6.51. The van der Waals surface area contributed by atoms with Crippen LogP contribution >= 0.6 is 27.3 Å². The van der Waals surface area contributed by atoms with Crippen molar-refractivity contribution in [2.45, 2.75) is 27.0 Å². The summed E-state index contributed by atoms with van der Waals surface area (Å²) in [5.41, 5.74) is 4.15. The Kier molecular flexibility index (Phi) is 5.36. The third-order valence-electron chi connectivity index (χ3n) is 2.72. The van der Waals surface area contributed by atoms with Crippen molar-refractivity contribution in [2.24, 2.45) is 0 Å². The van der Waals surface area contributed by atoms with E-state index < -0.39 is 0 Å². The number of benzene rings is 1. The van der Waals surface area contributed by atoms with Crippen molar-refractivity contribution in [3.8, 4) is 5.75 Å². The van der Waals surface area contributed by atoms with Gasteiger partial charge in [-0.2, -0.15) is 0 Å². The van der Waals surface area contributed by atoms with Crippen LogP contribution in [0.15, 0.2) is 28.3 Å². The van der Waals surface area contributed by atoms with Gasteiger partial charge >= 0.3 is 0 Å². The van der Waals surface area contributed by atoms with Gasteiger partial charge in [-0.15, -0.1) is 11.3 Å². The molecule has 0 aliphatic carbocycles. The van der Waals surface area contributed by atoms with E-state index in [2.05, 4.69) is 52.2 Å². The van der Waals surface area contributed by atoms with Crippen molar-refractivity contribution in [2.75, 3.05) is 6.54 Å². The molecular formula is C14H17BrN2OS. The molecule has 0 aliphatic heterocycles. The minimum atomic E-state index is 0.576. The van der Waals surface area contributed by atoms with Crippen LogP contribution in [0.1, 0.15) is 22.9 Å². The van der Waals surface area contributed by atoms with Gasteiger partial charge in [0, 0.05) is 22.8 Å². The molecule has 0 atom stereocenters. The molecule has 0 aliphatic rings. The molecule has 3 nitrogen and oxygen atoms in total. The van der Waals surface area contributed by atoms with E-state index in [1.54, 1.807) is 11.3 Å². The molecule has 2 rings (SSSR count). The van der Waals surface area contributed by atoms with Gasteiger partial charge in [0.05, 0.1) is 10.4 Å². The summed E-state index contributed by atoms with van der Waals surface area (Å²) >= 11 is 5.15. The second-order valence-electron chi connectivity index (χ2n) is 4.25. The lowest BCUT2D eigenvalue weighted by Gasteiger charge is -2.14. The maximum absolute atomic E-state index is 5.97. The van der Waals surface area contributed by atoms with E-state index in [-0.39, 0.29) is 0 Å². The van der Waals surface area contributed by atoms with Gasteiger partial charge in [-0.1, -0.05) is 22.9 Å². The minimum Gasteiger partial charge on any atom is -0.487 e. The Bertz CT molecular complexity index is 528. The van der Waals surface area contributed by atoms with E-state index in [1.807, 2.05) is 11.7 Å². The fourth-order valence-corrected chi connectivity index (χ4v) is 2.98. The lowest BCUT2D eigenvalue weighted by molar-refractivity contribution is 0.303. The average Bonchev–Trinajstić information content (AvgIpc) is 2.88. The van der Waals surface area contributed by atoms with Crippen molar-refractivity contribution in [3.05, 3.63) is 44.3 Å². The topological polar surface area (TPSA) is 34.1 Å². The smallest absolute Gasteiger partial charge is 0.127 e. The molecule has 0 saturated heterocycles. The highest BCUT2D eigenvalue weighted by Crippen LogP contribution is 2.29. The number of nitrogens with zero attached hydrogens (tertiary/aromatic N) is 1. The molecule has 0 bridgehead atoms. The largest absolute Gasteiger partial charge is 0.487 e. The van der Waals surface area contributed by atoms with Crippen LogP contribution in [-0.4, -0.2) is 11.5 Å². The fourth-order valence-electron chi connectivity index (χ4n) is 1.85. The standard InChI is InChI=1S/C14H17BrN2OS/c1-3-16-6-11-5-12(15)4-10(2)14(11)18-8-13-7-17-9-19-13/h4-5,7,9,16H,3,6,8H2,1-2H3. The van der Waals surface area contributed by atoms with Crippen LogP contribution < -0.4 is 10.1 Å². The Hall–Kier alpha value is -0.910. The lowest BCUT2D eigenvalue weighted by Crippen LogP contribution is -2.13. The maximum Gasteiger partial charge on any atom is 0.127 e. The highest BCUT2D eigenvalue weighted by Gasteiger charge is 2.09. The zero-order valence-corrected chi connectivity index (χ0v) is 13.5. The number of hydrogen-bond donors (Lipinski definition) is 1. The highest BCUT2D eigenvalue weighted by atomic mass is 79.9. The number of ether oxygens (including phenoxy) is 1. The van der Waals surface area contributed by atoms with Crippen LogP contribution in [0.25, 0.3) is 0 Å². The zero-order chi connectivity index (χ0) is 13.7. The van der Waals surface area contributed by atoms with Gasteiger partial charge in [-0.25, -0.2) is 0 Å². The first-order valence-corrected chi connectivity index (χ1v) is 7.88. The summed E-state index contributed by atoms with van der Waals surface area (Å²) in [5.74, 6) is 0.970. The monoisotopic (exact) mass is 340 g/mol. The quantitative estimate of drug-likeness (QED) is 0.865. The summed E-state index contributed by atoms with van der Waals surface area (Å²) in [6.07, 6.45) is 1.85. The summed E-state index contributed by atoms with van der Waals surface area (Å²) in [4.78, 5) is 5.20. The minimum absolute atomic E-state index is 0.576. The fraction of sp³-hybridized carbons (Fsp3) is 0.357. The van der Waals surface area contributed by atoms with Crippen LogP contribution in [-0.2, 0) is 13.2 Å². The van der Waals surface area contributed by atoms with Crippen LogP contribution in [0, 0.1) is 6.92 Å². The van der Waals surface area contributed by atoms with Crippen LogP contribution in [0.5, 0.6) is 5.75 Å². The first-order chi connectivity index (χ1) is 9.20. The molecule has 5 heteroatoms. The Morgan fingerprint density at radius 3 is 2.95 bits per heavy atom. The second-order valence-corrected chi connectivity index (χ2v) is 6.13. The number of hydrogen-bond acceptors (Lipinski definition) is 4. The molecule has 2 aromatic rings.